The number of hydrogen-bond donors (Lipinski definition) is 1. The summed E-state index contributed by atoms with van der Waals surface area (Å²) >= 11 is 0. The summed E-state index contributed by atoms with van der Waals surface area (Å²) in [4.78, 5) is 2.11. The molecule has 134 valence electrons. The third-order valence-electron chi connectivity index (χ3n) is 4.24. The maximum atomic E-state index is 9.53. The quantitative estimate of drug-likeness (QED) is 0.682. The topological polar surface area (TPSA) is 41.9 Å². The molecule has 4 nitrogen and oxygen atoms in total. The largest absolute Gasteiger partial charge is 0.497 e. The molecule has 0 aliphatic heterocycles. The van der Waals surface area contributed by atoms with E-state index in [0.717, 1.165) is 34.1 Å². The van der Waals surface area contributed by atoms with Crippen molar-refractivity contribution in [2.45, 2.75) is 13.5 Å². The number of methoxy groups -OCH3 is 2. The van der Waals surface area contributed by atoms with E-state index in [0.29, 0.717) is 0 Å². The molecule has 0 aliphatic carbocycles. The van der Waals surface area contributed by atoms with Crippen molar-refractivity contribution in [3.05, 3.63) is 77.9 Å². The van der Waals surface area contributed by atoms with Crippen molar-refractivity contribution in [3.8, 4) is 11.5 Å². The Labute approximate surface area is 154 Å². The van der Waals surface area contributed by atoms with Crippen LogP contribution in [0.3, 0.4) is 0 Å². The normalized spacial score (nSPS) is 10.5. The first-order chi connectivity index (χ1) is 12.6. The van der Waals surface area contributed by atoms with Gasteiger partial charge in [0.15, 0.2) is 0 Å². The van der Waals surface area contributed by atoms with Crippen LogP contribution in [-0.2, 0) is 6.61 Å². The average Bonchev–Trinajstić information content (AvgIpc) is 2.69. The number of aryl methyl sites for hydroxylation is 1. The standard InChI is InChI=1S/C22H23NO3/c1-16-7-9-18(10-8-16)23(19-6-4-5-17(11-19)15-24)20-12-21(25-2)14-22(13-20)26-3/h4-14,24H,15H2,1-3H3. The molecule has 4 heteroatoms. The highest BCUT2D eigenvalue weighted by atomic mass is 16.5. The number of nitrogens with zero attached hydrogens (tertiary/aromatic N) is 1. The fourth-order valence-electron chi connectivity index (χ4n) is 2.86. The van der Waals surface area contributed by atoms with Gasteiger partial charge in [0.05, 0.1) is 26.5 Å². The van der Waals surface area contributed by atoms with Crippen LogP contribution in [0.15, 0.2) is 66.7 Å². The van der Waals surface area contributed by atoms with Crippen LogP contribution in [0, 0.1) is 6.92 Å². The van der Waals surface area contributed by atoms with E-state index in [1.807, 2.05) is 42.5 Å². The number of rotatable bonds is 6. The van der Waals surface area contributed by atoms with Crippen molar-refractivity contribution in [2.24, 2.45) is 0 Å². The van der Waals surface area contributed by atoms with Crippen LogP contribution < -0.4 is 14.4 Å². The van der Waals surface area contributed by atoms with E-state index in [1.165, 1.54) is 5.56 Å². The fraction of sp³-hybridized carbons (Fsp3) is 0.182. The van der Waals surface area contributed by atoms with Crippen LogP contribution in [0.25, 0.3) is 0 Å². The lowest BCUT2D eigenvalue weighted by Crippen LogP contribution is -2.10. The molecule has 0 aromatic heterocycles. The van der Waals surface area contributed by atoms with Gasteiger partial charge in [-0.3, -0.25) is 0 Å². The van der Waals surface area contributed by atoms with E-state index in [-0.39, 0.29) is 6.61 Å². The van der Waals surface area contributed by atoms with Crippen molar-refractivity contribution < 1.29 is 14.6 Å². The van der Waals surface area contributed by atoms with Crippen molar-refractivity contribution in [1.82, 2.24) is 0 Å². The molecule has 1 N–H and O–H groups in total. The molecule has 0 unspecified atom stereocenters. The number of benzene rings is 3. The molecule has 0 atom stereocenters. The lowest BCUT2D eigenvalue weighted by molar-refractivity contribution is 0.282. The van der Waals surface area contributed by atoms with Gasteiger partial charge >= 0.3 is 0 Å². The maximum absolute atomic E-state index is 9.53. The second-order valence-corrected chi connectivity index (χ2v) is 6.07. The Morgan fingerprint density at radius 2 is 1.42 bits per heavy atom. The fourth-order valence-corrected chi connectivity index (χ4v) is 2.86. The van der Waals surface area contributed by atoms with Crippen LogP contribution in [0.2, 0.25) is 0 Å². The molecule has 3 rings (SSSR count). The summed E-state index contributed by atoms with van der Waals surface area (Å²) in [6.07, 6.45) is 0. The number of anilines is 3. The highest BCUT2D eigenvalue weighted by molar-refractivity contribution is 5.78. The smallest absolute Gasteiger partial charge is 0.124 e. The van der Waals surface area contributed by atoms with Gasteiger partial charge in [0.2, 0.25) is 0 Å². The van der Waals surface area contributed by atoms with Gasteiger partial charge in [0.25, 0.3) is 0 Å². The van der Waals surface area contributed by atoms with Gasteiger partial charge in [-0.15, -0.1) is 0 Å². The van der Waals surface area contributed by atoms with E-state index in [4.69, 9.17) is 9.47 Å². The lowest BCUT2D eigenvalue weighted by Gasteiger charge is -2.26. The molecule has 0 saturated carbocycles. The second-order valence-electron chi connectivity index (χ2n) is 6.07. The molecule has 0 radical (unpaired) electrons. The Hall–Kier alpha value is -2.98. The van der Waals surface area contributed by atoms with E-state index in [9.17, 15) is 5.11 Å². The highest BCUT2D eigenvalue weighted by Crippen LogP contribution is 2.38. The Balaban J connectivity index is 2.18. The SMILES string of the molecule is COc1cc(OC)cc(N(c2ccc(C)cc2)c2cccc(CO)c2)c1. The molecule has 3 aromatic rings. The minimum Gasteiger partial charge on any atom is -0.497 e. The molecular weight excluding hydrogens is 326 g/mol. The number of ether oxygens (including phenoxy) is 2. The first-order valence-corrected chi connectivity index (χ1v) is 8.44. The van der Waals surface area contributed by atoms with E-state index < -0.39 is 0 Å². The molecule has 3 aromatic carbocycles. The number of hydrogen-bond acceptors (Lipinski definition) is 4. The second kappa shape index (κ2) is 7.93. The summed E-state index contributed by atoms with van der Waals surface area (Å²) in [5.74, 6) is 1.43. The summed E-state index contributed by atoms with van der Waals surface area (Å²) in [7, 11) is 3.28. The molecule has 26 heavy (non-hydrogen) atoms. The third-order valence-corrected chi connectivity index (χ3v) is 4.24. The highest BCUT2D eigenvalue weighted by Gasteiger charge is 2.15. The Morgan fingerprint density at radius 3 is 2.00 bits per heavy atom. The Morgan fingerprint density at radius 1 is 0.769 bits per heavy atom. The van der Waals surface area contributed by atoms with Crippen LogP contribution in [0.1, 0.15) is 11.1 Å². The predicted octanol–water partition coefficient (Wildman–Crippen LogP) is 4.97. The van der Waals surface area contributed by atoms with Gasteiger partial charge in [0, 0.05) is 29.6 Å². The summed E-state index contributed by atoms with van der Waals surface area (Å²) in [6.45, 7) is 2.06. The molecule has 0 spiro atoms. The molecule has 0 amide bonds. The van der Waals surface area contributed by atoms with Crippen LogP contribution in [-0.4, -0.2) is 19.3 Å². The molecule has 0 saturated heterocycles. The zero-order valence-electron chi connectivity index (χ0n) is 15.3. The zero-order chi connectivity index (χ0) is 18.5. The first-order valence-electron chi connectivity index (χ1n) is 8.44. The van der Waals surface area contributed by atoms with Crippen LogP contribution in [0.4, 0.5) is 17.1 Å². The van der Waals surface area contributed by atoms with Crippen molar-refractivity contribution in [1.29, 1.82) is 0 Å². The van der Waals surface area contributed by atoms with Crippen LogP contribution in [0.5, 0.6) is 11.5 Å². The van der Waals surface area contributed by atoms with E-state index in [2.05, 4.69) is 36.1 Å². The van der Waals surface area contributed by atoms with Gasteiger partial charge in [-0.05, 0) is 36.8 Å². The molecule has 0 heterocycles. The minimum atomic E-state index is -0.00297. The zero-order valence-corrected chi connectivity index (χ0v) is 15.3. The maximum Gasteiger partial charge on any atom is 0.124 e. The van der Waals surface area contributed by atoms with Gasteiger partial charge in [-0.1, -0.05) is 29.8 Å². The van der Waals surface area contributed by atoms with Gasteiger partial charge in [-0.2, -0.15) is 0 Å². The molecule has 0 bridgehead atoms. The predicted molar refractivity (Wildman–Crippen MR) is 105 cm³/mol. The van der Waals surface area contributed by atoms with Gasteiger partial charge in [0.1, 0.15) is 11.5 Å². The molecule has 0 aliphatic rings. The van der Waals surface area contributed by atoms with Gasteiger partial charge < -0.3 is 19.5 Å². The van der Waals surface area contributed by atoms with E-state index in [1.54, 1.807) is 14.2 Å². The summed E-state index contributed by atoms with van der Waals surface area (Å²) in [5, 5.41) is 9.53. The van der Waals surface area contributed by atoms with Crippen molar-refractivity contribution in [2.75, 3.05) is 19.1 Å². The monoisotopic (exact) mass is 349 g/mol. The summed E-state index contributed by atoms with van der Waals surface area (Å²) < 4.78 is 10.9. The number of aliphatic hydroxyl groups excluding tert-OH is 1. The Kier molecular flexibility index (Phi) is 5.44. The van der Waals surface area contributed by atoms with Crippen LogP contribution >= 0.6 is 0 Å². The first kappa shape index (κ1) is 17.8. The minimum absolute atomic E-state index is 0.00297. The van der Waals surface area contributed by atoms with E-state index >= 15 is 0 Å². The lowest BCUT2D eigenvalue weighted by atomic mass is 10.1. The van der Waals surface area contributed by atoms with Gasteiger partial charge in [-0.25, -0.2) is 0 Å². The summed E-state index contributed by atoms with van der Waals surface area (Å²) in [6, 6.07) is 21.9. The van der Waals surface area contributed by atoms with Crippen molar-refractivity contribution in [3.63, 3.8) is 0 Å². The Bertz CT molecular complexity index is 853. The average molecular weight is 349 g/mol. The molecular formula is C22H23NO3. The summed E-state index contributed by atoms with van der Waals surface area (Å²) in [5.41, 5.74) is 4.94. The molecule has 0 fully saturated rings. The third kappa shape index (κ3) is 3.81. The van der Waals surface area contributed by atoms with Crippen molar-refractivity contribution >= 4 is 17.1 Å². The number of aliphatic hydroxyl groups is 1.